The Morgan fingerprint density at radius 1 is 1.61 bits per heavy atom. The van der Waals surface area contributed by atoms with Crippen molar-refractivity contribution >= 4 is 5.97 Å². The molecule has 1 aromatic rings. The van der Waals surface area contributed by atoms with Gasteiger partial charge in [0.1, 0.15) is 12.0 Å². The van der Waals surface area contributed by atoms with Crippen LogP contribution in [0.15, 0.2) is 41.1 Å². The lowest BCUT2D eigenvalue weighted by Gasteiger charge is -2.07. The van der Waals surface area contributed by atoms with E-state index in [0.29, 0.717) is 5.92 Å². The highest BCUT2D eigenvalue weighted by molar-refractivity contribution is 5.87. The third-order valence-electron chi connectivity index (χ3n) is 2.90. The predicted octanol–water partition coefficient (Wildman–Crippen LogP) is 4.07. The van der Waals surface area contributed by atoms with Gasteiger partial charge in [0.25, 0.3) is 0 Å². The van der Waals surface area contributed by atoms with Gasteiger partial charge in [0.05, 0.1) is 5.56 Å². The van der Waals surface area contributed by atoms with Crippen molar-refractivity contribution in [3.05, 3.63) is 48.0 Å². The number of allylic oxidation sites excluding steroid dienone is 3. The van der Waals surface area contributed by atoms with Crippen molar-refractivity contribution in [3.8, 4) is 0 Å². The molecule has 1 atom stereocenters. The average Bonchev–Trinajstić information content (AvgIpc) is 2.77. The largest absolute Gasteiger partial charge is 0.478 e. The highest BCUT2D eigenvalue weighted by Crippen LogP contribution is 2.17. The maximum absolute atomic E-state index is 10.7. The van der Waals surface area contributed by atoms with Gasteiger partial charge in [0, 0.05) is 6.42 Å². The van der Waals surface area contributed by atoms with Crippen LogP contribution in [0.4, 0.5) is 0 Å². The van der Waals surface area contributed by atoms with Crippen LogP contribution in [0.25, 0.3) is 0 Å². The Labute approximate surface area is 108 Å². The Hall–Kier alpha value is -1.77. The van der Waals surface area contributed by atoms with Crippen molar-refractivity contribution in [1.82, 2.24) is 0 Å². The van der Waals surface area contributed by atoms with Crippen molar-refractivity contribution in [1.29, 1.82) is 0 Å². The zero-order chi connectivity index (χ0) is 13.5. The van der Waals surface area contributed by atoms with Crippen LogP contribution in [0.2, 0.25) is 0 Å². The van der Waals surface area contributed by atoms with Crippen LogP contribution < -0.4 is 0 Å². The quantitative estimate of drug-likeness (QED) is 0.740. The summed E-state index contributed by atoms with van der Waals surface area (Å²) in [5, 5.41) is 8.78. The SMILES string of the molecule is C=CC(C)=CCC[C@@H](C)Cc1cc(C(=O)O)co1. The summed E-state index contributed by atoms with van der Waals surface area (Å²) in [6.45, 7) is 7.88. The van der Waals surface area contributed by atoms with Crippen LogP contribution in [-0.2, 0) is 6.42 Å². The van der Waals surface area contributed by atoms with Gasteiger partial charge in [-0.25, -0.2) is 4.79 Å². The third kappa shape index (κ3) is 4.62. The Morgan fingerprint density at radius 3 is 2.89 bits per heavy atom. The minimum absolute atomic E-state index is 0.222. The van der Waals surface area contributed by atoms with E-state index in [1.807, 2.05) is 13.0 Å². The van der Waals surface area contributed by atoms with E-state index in [1.54, 1.807) is 6.07 Å². The van der Waals surface area contributed by atoms with Crippen molar-refractivity contribution < 1.29 is 14.3 Å². The molecule has 0 bridgehead atoms. The first-order valence-corrected chi connectivity index (χ1v) is 6.12. The van der Waals surface area contributed by atoms with Gasteiger partial charge in [-0.05, 0) is 31.7 Å². The zero-order valence-corrected chi connectivity index (χ0v) is 11.0. The van der Waals surface area contributed by atoms with Gasteiger partial charge in [-0.15, -0.1) is 0 Å². The van der Waals surface area contributed by atoms with Crippen LogP contribution in [0.1, 0.15) is 42.8 Å². The molecule has 0 radical (unpaired) electrons. The Balaban J connectivity index is 2.41. The molecule has 0 aliphatic carbocycles. The zero-order valence-electron chi connectivity index (χ0n) is 11.0. The lowest BCUT2D eigenvalue weighted by atomic mass is 9.99. The number of carbonyl (C=O) groups is 1. The highest BCUT2D eigenvalue weighted by Gasteiger charge is 2.10. The van der Waals surface area contributed by atoms with Crippen molar-refractivity contribution in [2.45, 2.75) is 33.1 Å². The first-order valence-electron chi connectivity index (χ1n) is 6.12. The monoisotopic (exact) mass is 248 g/mol. The smallest absolute Gasteiger partial charge is 0.338 e. The molecule has 0 spiro atoms. The number of hydrogen-bond acceptors (Lipinski definition) is 2. The van der Waals surface area contributed by atoms with Crippen LogP contribution in [0.5, 0.6) is 0 Å². The topological polar surface area (TPSA) is 50.4 Å². The molecule has 1 aromatic heterocycles. The summed E-state index contributed by atoms with van der Waals surface area (Å²) in [6, 6.07) is 1.60. The van der Waals surface area contributed by atoms with E-state index < -0.39 is 5.97 Å². The summed E-state index contributed by atoms with van der Waals surface area (Å²) in [4.78, 5) is 10.7. The summed E-state index contributed by atoms with van der Waals surface area (Å²) < 4.78 is 5.23. The van der Waals surface area contributed by atoms with Gasteiger partial charge in [-0.3, -0.25) is 0 Å². The van der Waals surface area contributed by atoms with E-state index in [9.17, 15) is 4.79 Å². The number of hydrogen-bond donors (Lipinski definition) is 1. The normalized spacial score (nSPS) is 13.3. The van der Waals surface area contributed by atoms with E-state index in [-0.39, 0.29) is 5.56 Å². The second-order valence-electron chi connectivity index (χ2n) is 4.65. The number of carboxylic acids is 1. The fourth-order valence-electron chi connectivity index (χ4n) is 1.72. The van der Waals surface area contributed by atoms with Gasteiger partial charge >= 0.3 is 5.97 Å². The van der Waals surface area contributed by atoms with Crippen molar-refractivity contribution in [3.63, 3.8) is 0 Å². The highest BCUT2D eigenvalue weighted by atomic mass is 16.4. The maximum Gasteiger partial charge on any atom is 0.338 e. The maximum atomic E-state index is 10.7. The molecule has 0 fully saturated rings. The standard InChI is InChI=1S/C15H20O3/c1-4-11(2)6-5-7-12(3)8-14-9-13(10-18-14)15(16)17/h4,6,9-10,12H,1,5,7-8H2,2-3H3,(H,16,17)/t12-/m1/s1. The van der Waals surface area contributed by atoms with E-state index in [1.165, 1.54) is 11.8 Å². The Morgan fingerprint density at radius 2 is 2.33 bits per heavy atom. The molecule has 1 heterocycles. The second-order valence-corrected chi connectivity index (χ2v) is 4.65. The molecular weight excluding hydrogens is 228 g/mol. The molecule has 1 rings (SSSR count). The van der Waals surface area contributed by atoms with Gasteiger partial charge in [-0.2, -0.15) is 0 Å². The molecule has 0 aliphatic heterocycles. The second kappa shape index (κ2) is 6.84. The van der Waals surface area contributed by atoms with Crippen LogP contribution in [0.3, 0.4) is 0 Å². The van der Waals surface area contributed by atoms with Gasteiger partial charge in [0.15, 0.2) is 0 Å². The van der Waals surface area contributed by atoms with Crippen LogP contribution in [-0.4, -0.2) is 11.1 Å². The molecule has 3 heteroatoms. The van der Waals surface area contributed by atoms with Gasteiger partial charge < -0.3 is 9.52 Å². The van der Waals surface area contributed by atoms with Crippen LogP contribution >= 0.6 is 0 Å². The fourth-order valence-corrected chi connectivity index (χ4v) is 1.72. The summed E-state index contributed by atoms with van der Waals surface area (Å²) in [6.07, 6.45) is 8.13. The summed E-state index contributed by atoms with van der Waals surface area (Å²) in [5.74, 6) is 0.262. The van der Waals surface area contributed by atoms with Crippen molar-refractivity contribution in [2.75, 3.05) is 0 Å². The fraction of sp³-hybridized carbons (Fsp3) is 0.400. The first-order chi connectivity index (χ1) is 8.52. The molecular formula is C15H20O3. The van der Waals surface area contributed by atoms with E-state index in [0.717, 1.165) is 25.0 Å². The van der Waals surface area contributed by atoms with Crippen LogP contribution in [0, 0.1) is 5.92 Å². The summed E-state index contributed by atoms with van der Waals surface area (Å²) in [5.41, 5.74) is 1.41. The number of furan rings is 1. The molecule has 0 aromatic carbocycles. The molecule has 0 aliphatic rings. The molecule has 18 heavy (non-hydrogen) atoms. The minimum Gasteiger partial charge on any atom is -0.478 e. The lowest BCUT2D eigenvalue weighted by molar-refractivity contribution is 0.0696. The number of carboxylic acid groups (broad SMARTS) is 1. The average molecular weight is 248 g/mol. The number of rotatable bonds is 7. The number of aromatic carboxylic acids is 1. The molecule has 0 unspecified atom stereocenters. The molecule has 3 nitrogen and oxygen atoms in total. The van der Waals surface area contributed by atoms with Crippen molar-refractivity contribution in [2.24, 2.45) is 5.92 Å². The predicted molar refractivity (Wildman–Crippen MR) is 71.7 cm³/mol. The summed E-state index contributed by atoms with van der Waals surface area (Å²) in [7, 11) is 0. The molecule has 0 amide bonds. The van der Waals surface area contributed by atoms with E-state index >= 15 is 0 Å². The van der Waals surface area contributed by atoms with E-state index in [4.69, 9.17) is 9.52 Å². The Bertz CT molecular complexity index is 440. The van der Waals surface area contributed by atoms with E-state index in [2.05, 4.69) is 19.6 Å². The molecule has 98 valence electrons. The lowest BCUT2D eigenvalue weighted by Crippen LogP contribution is -1.98. The Kier molecular flexibility index (Phi) is 5.43. The molecule has 0 saturated heterocycles. The van der Waals surface area contributed by atoms with Gasteiger partial charge in [0.2, 0.25) is 0 Å². The van der Waals surface area contributed by atoms with Gasteiger partial charge in [-0.1, -0.05) is 31.2 Å². The summed E-state index contributed by atoms with van der Waals surface area (Å²) >= 11 is 0. The third-order valence-corrected chi connectivity index (χ3v) is 2.90. The first kappa shape index (κ1) is 14.3. The minimum atomic E-state index is -0.942. The molecule has 1 N–H and O–H groups in total. The molecule has 0 saturated carbocycles.